The largest absolute Gasteiger partial charge is 0.452 e. The molecule has 168 valence electrons. The van der Waals surface area contributed by atoms with Gasteiger partial charge in [0.25, 0.3) is 5.91 Å². The average Bonchev–Trinajstić information content (AvgIpc) is 2.94. The van der Waals surface area contributed by atoms with Crippen LogP contribution in [-0.2, 0) is 24.3 Å². The Labute approximate surface area is 189 Å². The maximum Gasteiger partial charge on any atom is 0.341 e. The van der Waals surface area contributed by atoms with Gasteiger partial charge in [0, 0.05) is 25.9 Å². The summed E-state index contributed by atoms with van der Waals surface area (Å²) in [6.07, 6.45) is 0. The van der Waals surface area contributed by atoms with E-state index in [-0.39, 0.29) is 27.1 Å². The fourth-order valence-electron chi connectivity index (χ4n) is 2.48. The molecule has 1 aromatic carbocycles. The minimum Gasteiger partial charge on any atom is -0.452 e. The lowest BCUT2D eigenvalue weighted by Gasteiger charge is -2.14. The molecular formula is C19H22ClN3O6S2. The zero-order chi connectivity index (χ0) is 23.5. The molecule has 12 heteroatoms. The monoisotopic (exact) mass is 487 g/mol. The highest BCUT2D eigenvalue weighted by molar-refractivity contribution is 7.89. The van der Waals surface area contributed by atoms with Crippen molar-refractivity contribution in [2.45, 2.75) is 25.7 Å². The number of sulfonamides is 1. The fraction of sp³-hybridized carbons (Fsp3) is 0.316. The van der Waals surface area contributed by atoms with Crippen LogP contribution in [0.2, 0.25) is 5.02 Å². The molecule has 0 spiro atoms. The van der Waals surface area contributed by atoms with Crippen molar-refractivity contribution in [1.29, 1.82) is 0 Å². The minimum atomic E-state index is -3.73. The van der Waals surface area contributed by atoms with Crippen LogP contribution in [0.25, 0.3) is 0 Å². The second kappa shape index (κ2) is 9.77. The first-order valence-electron chi connectivity index (χ1n) is 8.91. The number of carbonyl (C=O) groups is 3. The molecule has 0 radical (unpaired) electrons. The Hall–Kier alpha value is -2.47. The van der Waals surface area contributed by atoms with E-state index in [0.29, 0.717) is 10.6 Å². The molecule has 1 aromatic heterocycles. The second-order valence-electron chi connectivity index (χ2n) is 6.72. The zero-order valence-corrected chi connectivity index (χ0v) is 19.9. The van der Waals surface area contributed by atoms with Crippen LogP contribution in [0.1, 0.15) is 27.7 Å². The highest BCUT2D eigenvalue weighted by atomic mass is 35.5. The average molecular weight is 488 g/mol. The van der Waals surface area contributed by atoms with Crippen molar-refractivity contribution in [2.75, 3.05) is 31.3 Å². The molecule has 0 saturated heterocycles. The van der Waals surface area contributed by atoms with Gasteiger partial charge in [-0.2, -0.15) is 0 Å². The number of hydrogen-bond donors (Lipinski definition) is 2. The van der Waals surface area contributed by atoms with Crippen LogP contribution in [-0.4, -0.2) is 51.2 Å². The van der Waals surface area contributed by atoms with Crippen LogP contribution >= 0.6 is 22.9 Å². The molecule has 1 heterocycles. The molecule has 0 aliphatic heterocycles. The third kappa shape index (κ3) is 5.82. The second-order valence-corrected chi connectivity index (χ2v) is 10.5. The summed E-state index contributed by atoms with van der Waals surface area (Å²) in [6.45, 7) is 4.20. The first-order valence-corrected chi connectivity index (χ1v) is 11.5. The molecule has 0 unspecified atom stereocenters. The number of thiophene rings is 1. The molecule has 31 heavy (non-hydrogen) atoms. The van der Waals surface area contributed by atoms with E-state index in [1.54, 1.807) is 13.8 Å². The van der Waals surface area contributed by atoms with Gasteiger partial charge in [-0.15, -0.1) is 11.3 Å². The van der Waals surface area contributed by atoms with Crippen LogP contribution in [0.5, 0.6) is 0 Å². The van der Waals surface area contributed by atoms with Crippen LogP contribution in [0, 0.1) is 13.8 Å². The third-order valence-electron chi connectivity index (χ3n) is 4.20. The van der Waals surface area contributed by atoms with Gasteiger partial charge in [0.2, 0.25) is 15.9 Å². The van der Waals surface area contributed by atoms with Crippen molar-refractivity contribution in [2.24, 2.45) is 0 Å². The number of halogens is 1. The van der Waals surface area contributed by atoms with Gasteiger partial charge in [0.15, 0.2) is 6.61 Å². The summed E-state index contributed by atoms with van der Waals surface area (Å²) in [5.74, 6) is -1.81. The molecule has 0 aliphatic carbocycles. The molecule has 0 aliphatic rings. The summed E-state index contributed by atoms with van der Waals surface area (Å²) in [4.78, 5) is 36.9. The Morgan fingerprint density at radius 2 is 1.81 bits per heavy atom. The molecule has 9 nitrogen and oxygen atoms in total. The molecule has 0 fully saturated rings. The molecule has 2 aromatic rings. The predicted octanol–water partition coefficient (Wildman–Crippen LogP) is 3.02. The van der Waals surface area contributed by atoms with Gasteiger partial charge in [0.1, 0.15) is 5.00 Å². The van der Waals surface area contributed by atoms with Crippen LogP contribution in [0.3, 0.4) is 0 Å². The van der Waals surface area contributed by atoms with Crippen molar-refractivity contribution >= 4 is 61.4 Å². The van der Waals surface area contributed by atoms with Crippen molar-refractivity contribution in [3.63, 3.8) is 0 Å². The maximum absolute atomic E-state index is 12.5. The lowest BCUT2D eigenvalue weighted by atomic mass is 10.1. The van der Waals surface area contributed by atoms with Crippen molar-refractivity contribution in [1.82, 2.24) is 4.31 Å². The Kier molecular flexibility index (Phi) is 7.82. The lowest BCUT2D eigenvalue weighted by molar-refractivity contribution is -0.119. The van der Waals surface area contributed by atoms with Crippen LogP contribution in [0.4, 0.5) is 10.7 Å². The van der Waals surface area contributed by atoms with Gasteiger partial charge in [-0.1, -0.05) is 11.6 Å². The summed E-state index contributed by atoms with van der Waals surface area (Å²) in [5, 5.41) is 5.48. The summed E-state index contributed by atoms with van der Waals surface area (Å²) in [7, 11) is -0.966. The lowest BCUT2D eigenvalue weighted by Crippen LogP contribution is -2.23. The number of carbonyl (C=O) groups excluding carboxylic acids is 3. The van der Waals surface area contributed by atoms with Gasteiger partial charge < -0.3 is 15.4 Å². The van der Waals surface area contributed by atoms with E-state index in [0.717, 1.165) is 9.18 Å². The van der Waals surface area contributed by atoms with Gasteiger partial charge in [0.05, 0.1) is 21.2 Å². The Morgan fingerprint density at radius 1 is 1.16 bits per heavy atom. The number of ether oxygens (including phenoxy) is 1. The van der Waals surface area contributed by atoms with E-state index >= 15 is 0 Å². The highest BCUT2D eigenvalue weighted by Gasteiger charge is 2.23. The molecule has 2 rings (SSSR count). The van der Waals surface area contributed by atoms with Crippen molar-refractivity contribution in [3.8, 4) is 0 Å². The molecule has 2 amide bonds. The number of nitrogens with zero attached hydrogens (tertiary/aromatic N) is 1. The fourth-order valence-corrected chi connectivity index (χ4v) is 4.67. The number of nitrogens with one attached hydrogen (secondary N) is 2. The number of esters is 1. The van der Waals surface area contributed by atoms with Gasteiger partial charge in [-0.05, 0) is 37.6 Å². The number of anilines is 2. The maximum atomic E-state index is 12.5. The van der Waals surface area contributed by atoms with Gasteiger partial charge in [-0.3, -0.25) is 9.59 Å². The SMILES string of the molecule is CC(=O)Nc1sc(C)c(C)c1C(=O)OCC(=O)Nc1cc(S(=O)(=O)N(C)C)ccc1Cl. The van der Waals surface area contributed by atoms with E-state index in [2.05, 4.69) is 10.6 Å². The third-order valence-corrected chi connectivity index (χ3v) is 7.47. The topological polar surface area (TPSA) is 122 Å². The number of rotatable bonds is 7. The van der Waals surface area contributed by atoms with Gasteiger partial charge in [-0.25, -0.2) is 17.5 Å². The van der Waals surface area contributed by atoms with E-state index in [1.807, 2.05) is 0 Å². The van der Waals surface area contributed by atoms with Gasteiger partial charge >= 0.3 is 5.97 Å². The zero-order valence-electron chi connectivity index (χ0n) is 17.5. The Bertz CT molecular complexity index is 1140. The number of aryl methyl sites for hydroxylation is 1. The van der Waals surface area contributed by atoms with Crippen molar-refractivity contribution < 1.29 is 27.5 Å². The normalized spacial score (nSPS) is 11.3. The molecule has 0 atom stereocenters. The summed E-state index contributed by atoms with van der Waals surface area (Å²) in [5.41, 5.74) is 0.888. The minimum absolute atomic E-state index is 0.0569. The molecule has 0 saturated carbocycles. The molecule has 2 N–H and O–H groups in total. The van der Waals surface area contributed by atoms with E-state index in [4.69, 9.17) is 16.3 Å². The first kappa shape index (κ1) is 24.8. The smallest absolute Gasteiger partial charge is 0.341 e. The standard InChI is InChI=1S/C19H22ClN3O6S2/c1-10-11(2)30-18(21-12(3)24)17(10)19(26)29-9-16(25)22-15-8-13(6-7-14(15)20)31(27,28)23(4)5/h6-8H,9H2,1-5H3,(H,21,24)(H,22,25). The van der Waals surface area contributed by atoms with E-state index in [9.17, 15) is 22.8 Å². The van der Waals surface area contributed by atoms with Crippen LogP contribution in [0.15, 0.2) is 23.1 Å². The Balaban J connectivity index is 2.13. The number of benzene rings is 1. The van der Waals surface area contributed by atoms with Crippen molar-refractivity contribution in [3.05, 3.63) is 39.2 Å². The highest BCUT2D eigenvalue weighted by Crippen LogP contribution is 2.33. The summed E-state index contributed by atoms with van der Waals surface area (Å²) < 4.78 is 30.7. The summed E-state index contributed by atoms with van der Waals surface area (Å²) >= 11 is 7.28. The first-order chi connectivity index (χ1) is 14.3. The summed E-state index contributed by atoms with van der Waals surface area (Å²) in [6, 6.07) is 3.88. The number of hydrogen-bond acceptors (Lipinski definition) is 7. The van der Waals surface area contributed by atoms with E-state index in [1.165, 1.54) is 50.6 Å². The predicted molar refractivity (Wildman–Crippen MR) is 119 cm³/mol. The molecule has 0 bridgehead atoms. The van der Waals surface area contributed by atoms with Crippen LogP contribution < -0.4 is 10.6 Å². The number of amides is 2. The Morgan fingerprint density at radius 3 is 2.39 bits per heavy atom. The molecular weight excluding hydrogens is 466 g/mol. The quantitative estimate of drug-likeness (QED) is 0.579. The van der Waals surface area contributed by atoms with E-state index < -0.39 is 28.5 Å².